The lowest BCUT2D eigenvalue weighted by Gasteiger charge is -2.12. The van der Waals surface area contributed by atoms with Crippen LogP contribution in [0.5, 0.6) is 0 Å². The Morgan fingerprint density at radius 2 is 1.90 bits per heavy atom. The maximum Gasteiger partial charge on any atom is 0.196 e. The van der Waals surface area contributed by atoms with Crippen molar-refractivity contribution in [3.05, 3.63) is 51.4 Å². The number of benzene rings is 1. The summed E-state index contributed by atoms with van der Waals surface area (Å²) in [6.45, 7) is 2.03. The van der Waals surface area contributed by atoms with Crippen LogP contribution in [0.1, 0.15) is 63.0 Å². The lowest BCUT2D eigenvalue weighted by atomic mass is 9.91. The Bertz CT molecular complexity index is 699. The fourth-order valence-corrected chi connectivity index (χ4v) is 5.06. The molecule has 2 aliphatic rings. The molecular weight excluding hydrogens is 266 g/mol. The predicted octanol–water partition coefficient (Wildman–Crippen LogP) is 4.23. The van der Waals surface area contributed by atoms with Crippen molar-refractivity contribution in [2.45, 2.75) is 38.0 Å². The number of fused-ring (bicyclic) bond motifs is 5. The second-order valence-electron chi connectivity index (χ2n) is 6.02. The van der Waals surface area contributed by atoms with Crippen molar-refractivity contribution in [1.29, 1.82) is 0 Å². The van der Waals surface area contributed by atoms with Gasteiger partial charge in [-0.2, -0.15) is 0 Å². The van der Waals surface area contributed by atoms with Gasteiger partial charge in [0.15, 0.2) is 5.78 Å². The second-order valence-corrected chi connectivity index (χ2v) is 7.11. The molecule has 3 heteroatoms. The molecule has 1 fully saturated rings. The van der Waals surface area contributed by atoms with E-state index >= 15 is 0 Å². The smallest absolute Gasteiger partial charge is 0.196 e. The molecule has 2 nitrogen and oxygen atoms in total. The number of rotatable bonds is 2. The van der Waals surface area contributed by atoms with Gasteiger partial charge in [0.25, 0.3) is 0 Å². The van der Waals surface area contributed by atoms with Gasteiger partial charge in [-0.3, -0.25) is 4.79 Å². The summed E-state index contributed by atoms with van der Waals surface area (Å²) in [4.78, 5) is 14.2. The highest BCUT2D eigenvalue weighted by atomic mass is 32.1. The standard InChI is InChI=1S/C17H17NOS/c1-9-2-4-10(5-3-9)15(19)14-13-11-6-7-12(8-11)16(13)20-17(14)18/h2-5,11-12H,6-8,18H2,1H3/t11-,12-/m0/s1. The molecule has 1 aromatic heterocycles. The SMILES string of the molecule is Cc1ccc(C(=O)c2c(N)sc3c2[C@H]2CC[C@H]3C2)cc1. The van der Waals surface area contributed by atoms with E-state index in [0.717, 1.165) is 16.1 Å². The highest BCUT2D eigenvalue weighted by molar-refractivity contribution is 7.16. The van der Waals surface area contributed by atoms with Crippen molar-refractivity contribution in [3.8, 4) is 0 Å². The average Bonchev–Trinajstić information content (AvgIpc) is 3.09. The van der Waals surface area contributed by atoms with Crippen LogP contribution in [0, 0.1) is 6.92 Å². The van der Waals surface area contributed by atoms with E-state index in [4.69, 9.17) is 5.73 Å². The fourth-order valence-electron chi connectivity index (χ4n) is 3.75. The van der Waals surface area contributed by atoms with Gasteiger partial charge in [-0.05, 0) is 43.6 Å². The molecule has 2 atom stereocenters. The molecule has 0 amide bonds. The molecule has 2 aliphatic carbocycles. The molecule has 20 heavy (non-hydrogen) atoms. The lowest BCUT2D eigenvalue weighted by molar-refractivity contribution is 0.103. The monoisotopic (exact) mass is 283 g/mol. The molecule has 0 radical (unpaired) electrons. The van der Waals surface area contributed by atoms with Crippen LogP contribution in [0.2, 0.25) is 0 Å². The number of nitrogen functional groups attached to an aromatic ring is 1. The quantitative estimate of drug-likeness (QED) is 0.838. The molecule has 0 spiro atoms. The Morgan fingerprint density at radius 3 is 2.65 bits per heavy atom. The van der Waals surface area contributed by atoms with Crippen LogP contribution in [-0.4, -0.2) is 5.78 Å². The first kappa shape index (κ1) is 12.2. The Morgan fingerprint density at radius 1 is 1.20 bits per heavy atom. The molecule has 2 N–H and O–H groups in total. The first-order chi connectivity index (χ1) is 9.65. The summed E-state index contributed by atoms with van der Waals surface area (Å²) in [6, 6.07) is 7.80. The summed E-state index contributed by atoms with van der Waals surface area (Å²) in [6.07, 6.45) is 3.73. The number of aryl methyl sites for hydroxylation is 1. The van der Waals surface area contributed by atoms with E-state index in [2.05, 4.69) is 0 Å². The van der Waals surface area contributed by atoms with Gasteiger partial charge < -0.3 is 5.73 Å². The summed E-state index contributed by atoms with van der Waals surface area (Å²) < 4.78 is 0. The largest absolute Gasteiger partial charge is 0.390 e. The van der Waals surface area contributed by atoms with E-state index in [1.165, 1.54) is 35.3 Å². The average molecular weight is 283 g/mol. The summed E-state index contributed by atoms with van der Waals surface area (Å²) in [5, 5.41) is 0.720. The second kappa shape index (κ2) is 4.19. The van der Waals surface area contributed by atoms with Crippen molar-refractivity contribution in [3.63, 3.8) is 0 Å². The summed E-state index contributed by atoms with van der Waals surface area (Å²) >= 11 is 1.65. The number of thiophene rings is 1. The van der Waals surface area contributed by atoms with Crippen LogP contribution in [0.3, 0.4) is 0 Å². The van der Waals surface area contributed by atoms with E-state index < -0.39 is 0 Å². The summed E-state index contributed by atoms with van der Waals surface area (Å²) in [5.74, 6) is 1.35. The zero-order chi connectivity index (χ0) is 13.9. The molecule has 4 rings (SSSR count). The highest BCUT2D eigenvalue weighted by Gasteiger charge is 2.42. The van der Waals surface area contributed by atoms with Crippen LogP contribution in [-0.2, 0) is 0 Å². The molecule has 1 heterocycles. The van der Waals surface area contributed by atoms with Crippen molar-refractivity contribution in [2.24, 2.45) is 0 Å². The third-order valence-corrected chi connectivity index (χ3v) is 5.95. The van der Waals surface area contributed by atoms with Crippen LogP contribution in [0.4, 0.5) is 5.00 Å². The Labute approximate surface area is 122 Å². The number of ketones is 1. The van der Waals surface area contributed by atoms with Crippen LogP contribution in [0.25, 0.3) is 0 Å². The van der Waals surface area contributed by atoms with E-state index in [1.54, 1.807) is 11.3 Å². The van der Waals surface area contributed by atoms with Crippen LogP contribution < -0.4 is 5.73 Å². The van der Waals surface area contributed by atoms with Gasteiger partial charge in [0.1, 0.15) is 0 Å². The summed E-state index contributed by atoms with van der Waals surface area (Å²) in [5.41, 5.74) is 10.2. The number of nitrogens with two attached hydrogens (primary N) is 1. The third-order valence-electron chi connectivity index (χ3n) is 4.75. The minimum Gasteiger partial charge on any atom is -0.390 e. The van der Waals surface area contributed by atoms with E-state index in [1.807, 2.05) is 31.2 Å². The predicted molar refractivity (Wildman–Crippen MR) is 82.7 cm³/mol. The zero-order valence-electron chi connectivity index (χ0n) is 11.5. The molecule has 0 unspecified atom stereocenters. The van der Waals surface area contributed by atoms with Gasteiger partial charge in [-0.25, -0.2) is 0 Å². The number of hydrogen-bond donors (Lipinski definition) is 1. The molecule has 2 aromatic rings. The number of hydrogen-bond acceptors (Lipinski definition) is 3. The van der Waals surface area contributed by atoms with Crippen LogP contribution >= 0.6 is 11.3 Å². The normalized spacial score (nSPS) is 23.1. The lowest BCUT2D eigenvalue weighted by Crippen LogP contribution is -2.08. The number of carbonyl (C=O) groups excluding carboxylic acids is 1. The Balaban J connectivity index is 1.82. The maximum absolute atomic E-state index is 12.8. The van der Waals surface area contributed by atoms with Gasteiger partial charge in [0.05, 0.1) is 10.6 Å². The molecule has 0 aliphatic heterocycles. The first-order valence-corrected chi connectivity index (χ1v) is 8.00. The molecule has 1 aromatic carbocycles. The van der Waals surface area contributed by atoms with Gasteiger partial charge in [0, 0.05) is 10.4 Å². The topological polar surface area (TPSA) is 43.1 Å². The molecular formula is C17H17NOS. The molecule has 1 saturated carbocycles. The van der Waals surface area contributed by atoms with Crippen molar-refractivity contribution in [1.82, 2.24) is 0 Å². The Kier molecular flexibility index (Phi) is 2.55. The number of carbonyl (C=O) groups is 1. The summed E-state index contributed by atoms with van der Waals surface area (Å²) in [7, 11) is 0. The molecule has 2 bridgehead atoms. The fraction of sp³-hybridized carbons (Fsp3) is 0.353. The van der Waals surface area contributed by atoms with E-state index in [-0.39, 0.29) is 5.78 Å². The maximum atomic E-state index is 12.8. The van der Waals surface area contributed by atoms with Crippen molar-refractivity contribution >= 4 is 22.1 Å². The van der Waals surface area contributed by atoms with E-state index in [9.17, 15) is 4.79 Å². The van der Waals surface area contributed by atoms with Gasteiger partial charge in [-0.15, -0.1) is 11.3 Å². The first-order valence-electron chi connectivity index (χ1n) is 7.18. The highest BCUT2D eigenvalue weighted by Crippen LogP contribution is 2.58. The minimum atomic E-state index is 0.104. The van der Waals surface area contributed by atoms with Gasteiger partial charge in [0.2, 0.25) is 0 Å². The van der Waals surface area contributed by atoms with Gasteiger partial charge >= 0.3 is 0 Å². The Hall–Kier alpha value is -1.61. The van der Waals surface area contributed by atoms with Gasteiger partial charge in [-0.1, -0.05) is 29.8 Å². The van der Waals surface area contributed by atoms with Crippen LogP contribution in [0.15, 0.2) is 24.3 Å². The van der Waals surface area contributed by atoms with E-state index in [0.29, 0.717) is 11.8 Å². The molecule has 0 saturated heterocycles. The number of anilines is 1. The third kappa shape index (κ3) is 1.59. The molecule has 102 valence electrons. The minimum absolute atomic E-state index is 0.104. The van der Waals surface area contributed by atoms with Crippen molar-refractivity contribution < 1.29 is 4.79 Å². The van der Waals surface area contributed by atoms with Crippen molar-refractivity contribution in [2.75, 3.05) is 5.73 Å². The zero-order valence-corrected chi connectivity index (χ0v) is 12.3.